The van der Waals surface area contributed by atoms with Crippen molar-refractivity contribution in [3.8, 4) is 0 Å². The third-order valence-electron chi connectivity index (χ3n) is 4.86. The van der Waals surface area contributed by atoms with Crippen LogP contribution >= 0.6 is 0 Å². The van der Waals surface area contributed by atoms with Gasteiger partial charge in [-0.05, 0) is 60.8 Å². The Balaban J connectivity index is 1.76. The molecule has 3 rings (SSSR count). The van der Waals surface area contributed by atoms with Gasteiger partial charge in [0, 0.05) is 18.9 Å². The van der Waals surface area contributed by atoms with E-state index < -0.39 is 0 Å². The largest absolute Gasteiger partial charge is 0.465 e. The lowest BCUT2D eigenvalue weighted by atomic mass is 9.56. The predicted molar refractivity (Wildman–Crippen MR) is 76.7 cm³/mol. The molecule has 1 heterocycles. The molecular formula is C16H21NO3. The standard InChI is InChI=1S/C16H21NO3/c1-19-15(18)11-2-3-14(17)13(8-11)12-9-16(10-12)4-6-20-7-5-16/h2-3,8,12H,4-7,9-10,17H2,1H3. The van der Waals surface area contributed by atoms with E-state index in [-0.39, 0.29) is 5.97 Å². The summed E-state index contributed by atoms with van der Waals surface area (Å²) in [6.45, 7) is 1.76. The summed E-state index contributed by atoms with van der Waals surface area (Å²) >= 11 is 0. The third kappa shape index (κ3) is 2.29. The van der Waals surface area contributed by atoms with Crippen LogP contribution in [0.25, 0.3) is 0 Å². The van der Waals surface area contributed by atoms with Crippen molar-refractivity contribution in [1.29, 1.82) is 0 Å². The van der Waals surface area contributed by atoms with E-state index in [9.17, 15) is 4.79 Å². The summed E-state index contributed by atoms with van der Waals surface area (Å²) in [4.78, 5) is 11.6. The van der Waals surface area contributed by atoms with Crippen LogP contribution in [0.3, 0.4) is 0 Å². The lowest BCUT2D eigenvalue weighted by molar-refractivity contribution is -0.0396. The van der Waals surface area contributed by atoms with Crippen molar-refractivity contribution >= 4 is 11.7 Å². The van der Waals surface area contributed by atoms with Gasteiger partial charge in [0.1, 0.15) is 0 Å². The van der Waals surface area contributed by atoms with Gasteiger partial charge in [0.15, 0.2) is 0 Å². The molecule has 4 nitrogen and oxygen atoms in total. The molecule has 108 valence electrons. The van der Waals surface area contributed by atoms with E-state index >= 15 is 0 Å². The monoisotopic (exact) mass is 275 g/mol. The number of ether oxygens (including phenoxy) is 2. The van der Waals surface area contributed by atoms with Gasteiger partial charge in [0.25, 0.3) is 0 Å². The van der Waals surface area contributed by atoms with Crippen LogP contribution in [-0.2, 0) is 9.47 Å². The molecule has 0 amide bonds. The Bertz CT molecular complexity index is 512. The van der Waals surface area contributed by atoms with Crippen molar-refractivity contribution in [3.05, 3.63) is 29.3 Å². The Morgan fingerprint density at radius 2 is 2.05 bits per heavy atom. The molecule has 0 bridgehead atoms. The Kier molecular flexibility index (Phi) is 3.42. The second-order valence-corrected chi connectivity index (χ2v) is 6.05. The molecule has 20 heavy (non-hydrogen) atoms. The van der Waals surface area contributed by atoms with Gasteiger partial charge in [0.05, 0.1) is 12.7 Å². The van der Waals surface area contributed by atoms with Crippen LogP contribution < -0.4 is 5.73 Å². The molecule has 1 saturated carbocycles. The highest BCUT2D eigenvalue weighted by atomic mass is 16.5. The second kappa shape index (κ2) is 5.09. The van der Waals surface area contributed by atoms with E-state index in [1.54, 1.807) is 6.07 Å². The number of rotatable bonds is 2. The average molecular weight is 275 g/mol. The summed E-state index contributed by atoms with van der Waals surface area (Å²) in [6.07, 6.45) is 4.62. The Labute approximate surface area is 119 Å². The van der Waals surface area contributed by atoms with Gasteiger partial charge in [-0.3, -0.25) is 0 Å². The molecule has 2 aliphatic rings. The maximum atomic E-state index is 11.6. The third-order valence-corrected chi connectivity index (χ3v) is 4.86. The van der Waals surface area contributed by atoms with Crippen LogP contribution in [0.1, 0.15) is 47.5 Å². The van der Waals surface area contributed by atoms with Gasteiger partial charge in [-0.15, -0.1) is 0 Å². The molecule has 2 fully saturated rings. The van der Waals surface area contributed by atoms with Crippen molar-refractivity contribution in [2.45, 2.75) is 31.6 Å². The van der Waals surface area contributed by atoms with E-state index in [1.807, 2.05) is 12.1 Å². The van der Waals surface area contributed by atoms with Crippen molar-refractivity contribution in [1.82, 2.24) is 0 Å². The fourth-order valence-electron chi connectivity index (χ4n) is 3.59. The van der Waals surface area contributed by atoms with Gasteiger partial charge < -0.3 is 15.2 Å². The summed E-state index contributed by atoms with van der Waals surface area (Å²) in [5.41, 5.74) is 9.01. The van der Waals surface area contributed by atoms with E-state index in [0.29, 0.717) is 16.9 Å². The maximum absolute atomic E-state index is 11.6. The molecule has 2 N–H and O–H groups in total. The van der Waals surface area contributed by atoms with Crippen LogP contribution in [0, 0.1) is 5.41 Å². The zero-order valence-corrected chi connectivity index (χ0v) is 11.9. The van der Waals surface area contributed by atoms with E-state index in [1.165, 1.54) is 7.11 Å². The Morgan fingerprint density at radius 1 is 1.35 bits per heavy atom. The second-order valence-electron chi connectivity index (χ2n) is 6.05. The molecule has 1 aromatic rings. The van der Waals surface area contributed by atoms with E-state index in [4.69, 9.17) is 15.2 Å². The molecule has 0 radical (unpaired) electrons. The van der Waals surface area contributed by atoms with Crippen molar-refractivity contribution in [2.75, 3.05) is 26.1 Å². The lowest BCUT2D eigenvalue weighted by Gasteiger charge is -2.50. The summed E-state index contributed by atoms with van der Waals surface area (Å²) in [5.74, 6) is 0.170. The molecule has 0 aromatic heterocycles. The number of hydrogen-bond acceptors (Lipinski definition) is 4. The van der Waals surface area contributed by atoms with Crippen LogP contribution in [0.15, 0.2) is 18.2 Å². The zero-order chi connectivity index (χ0) is 14.2. The fraction of sp³-hybridized carbons (Fsp3) is 0.562. The number of hydrogen-bond donors (Lipinski definition) is 1. The number of carbonyl (C=O) groups is 1. The highest BCUT2D eigenvalue weighted by Crippen LogP contribution is 2.57. The minimum absolute atomic E-state index is 0.300. The number of esters is 1. The molecule has 1 saturated heterocycles. The van der Waals surface area contributed by atoms with Crippen LogP contribution in [0.5, 0.6) is 0 Å². The first-order valence-electron chi connectivity index (χ1n) is 7.19. The molecule has 0 unspecified atom stereocenters. The number of nitrogen functional groups attached to an aromatic ring is 1. The predicted octanol–water partition coefficient (Wildman–Crippen LogP) is 2.73. The highest BCUT2D eigenvalue weighted by molar-refractivity contribution is 5.90. The van der Waals surface area contributed by atoms with Gasteiger partial charge in [-0.2, -0.15) is 0 Å². The molecule has 0 atom stereocenters. The SMILES string of the molecule is COC(=O)c1ccc(N)c(C2CC3(CCOCC3)C2)c1. The van der Waals surface area contributed by atoms with Gasteiger partial charge in [-0.1, -0.05) is 0 Å². The number of nitrogens with two attached hydrogens (primary N) is 1. The number of benzene rings is 1. The van der Waals surface area contributed by atoms with Crippen molar-refractivity contribution < 1.29 is 14.3 Å². The molecular weight excluding hydrogens is 254 g/mol. The summed E-state index contributed by atoms with van der Waals surface area (Å²) in [7, 11) is 1.40. The Hall–Kier alpha value is -1.55. The first-order chi connectivity index (χ1) is 9.63. The lowest BCUT2D eigenvalue weighted by Crippen LogP contribution is -2.40. The Morgan fingerprint density at radius 3 is 2.70 bits per heavy atom. The van der Waals surface area contributed by atoms with Crippen molar-refractivity contribution in [3.63, 3.8) is 0 Å². The number of anilines is 1. The zero-order valence-electron chi connectivity index (χ0n) is 11.9. The topological polar surface area (TPSA) is 61.5 Å². The summed E-state index contributed by atoms with van der Waals surface area (Å²) < 4.78 is 10.2. The van der Waals surface area contributed by atoms with Gasteiger partial charge in [-0.25, -0.2) is 4.79 Å². The molecule has 1 aromatic carbocycles. The van der Waals surface area contributed by atoms with Crippen LogP contribution in [0.2, 0.25) is 0 Å². The molecule has 1 aliphatic heterocycles. The van der Waals surface area contributed by atoms with E-state index in [2.05, 4.69) is 0 Å². The minimum Gasteiger partial charge on any atom is -0.465 e. The summed E-state index contributed by atoms with van der Waals surface area (Å²) in [6, 6.07) is 5.45. The van der Waals surface area contributed by atoms with Gasteiger partial charge in [0.2, 0.25) is 0 Å². The quantitative estimate of drug-likeness (QED) is 0.666. The maximum Gasteiger partial charge on any atom is 0.337 e. The number of methoxy groups -OCH3 is 1. The summed E-state index contributed by atoms with van der Waals surface area (Å²) in [5, 5.41) is 0. The van der Waals surface area contributed by atoms with Crippen LogP contribution in [-0.4, -0.2) is 26.3 Å². The van der Waals surface area contributed by atoms with Gasteiger partial charge >= 0.3 is 5.97 Å². The minimum atomic E-state index is -0.300. The first-order valence-corrected chi connectivity index (χ1v) is 7.19. The fourth-order valence-corrected chi connectivity index (χ4v) is 3.59. The number of carbonyl (C=O) groups excluding carboxylic acids is 1. The highest BCUT2D eigenvalue weighted by Gasteiger charge is 2.45. The van der Waals surface area contributed by atoms with E-state index in [0.717, 1.165) is 50.1 Å². The first kappa shape index (κ1) is 13.4. The van der Waals surface area contributed by atoms with Crippen molar-refractivity contribution in [2.24, 2.45) is 5.41 Å². The molecule has 1 spiro atoms. The van der Waals surface area contributed by atoms with Crippen LogP contribution in [0.4, 0.5) is 5.69 Å². The normalized spacial score (nSPS) is 21.4. The average Bonchev–Trinajstić information content (AvgIpc) is 2.45. The molecule has 1 aliphatic carbocycles. The molecule has 4 heteroatoms. The smallest absolute Gasteiger partial charge is 0.337 e.